The van der Waals surface area contributed by atoms with Crippen molar-refractivity contribution >= 4 is 5.91 Å². The van der Waals surface area contributed by atoms with Gasteiger partial charge in [0.15, 0.2) is 0 Å². The Kier molecular flexibility index (Phi) is 5.73. The molecule has 0 aromatic carbocycles. The van der Waals surface area contributed by atoms with Crippen LogP contribution in [0.25, 0.3) is 0 Å². The summed E-state index contributed by atoms with van der Waals surface area (Å²) in [6.45, 7) is 1.33. The third-order valence-corrected chi connectivity index (χ3v) is 3.61. The molecule has 1 aromatic rings. The third kappa shape index (κ3) is 4.77. The molecule has 0 radical (unpaired) electrons. The van der Waals surface area contributed by atoms with Crippen LogP contribution in [0.2, 0.25) is 0 Å². The normalized spacial score (nSPS) is 16.6. The first-order valence-electron chi connectivity index (χ1n) is 7.33. The molecule has 3 N–H and O–H groups in total. The lowest BCUT2D eigenvalue weighted by molar-refractivity contribution is 0.0947. The van der Waals surface area contributed by atoms with Gasteiger partial charge in [-0.3, -0.25) is 9.59 Å². The van der Waals surface area contributed by atoms with Crippen LogP contribution < -0.4 is 16.2 Å². The van der Waals surface area contributed by atoms with Gasteiger partial charge in [-0.25, -0.2) is 5.10 Å². The van der Waals surface area contributed by atoms with E-state index in [-0.39, 0.29) is 17.2 Å². The highest BCUT2D eigenvalue weighted by molar-refractivity contribution is 5.91. The Bertz CT molecular complexity index is 458. The SMILES string of the molecule is O=C(NCCNC1CCCCCC1)c1ccc(=O)[nH]n1. The quantitative estimate of drug-likeness (QED) is 0.549. The molecule has 6 nitrogen and oxygen atoms in total. The highest BCUT2D eigenvalue weighted by Gasteiger charge is 2.11. The van der Waals surface area contributed by atoms with Gasteiger partial charge >= 0.3 is 0 Å². The number of hydrogen-bond acceptors (Lipinski definition) is 4. The summed E-state index contributed by atoms with van der Waals surface area (Å²) in [5.74, 6) is -0.260. The van der Waals surface area contributed by atoms with Gasteiger partial charge < -0.3 is 10.6 Å². The molecule has 1 heterocycles. The monoisotopic (exact) mass is 278 g/mol. The Hall–Kier alpha value is -1.69. The minimum Gasteiger partial charge on any atom is -0.349 e. The van der Waals surface area contributed by atoms with E-state index in [0.29, 0.717) is 12.6 Å². The summed E-state index contributed by atoms with van der Waals surface area (Å²) in [6.07, 6.45) is 7.74. The fourth-order valence-corrected chi connectivity index (χ4v) is 2.50. The maximum absolute atomic E-state index is 11.7. The number of rotatable bonds is 5. The lowest BCUT2D eigenvalue weighted by Crippen LogP contribution is -2.37. The number of carbonyl (C=O) groups excluding carboxylic acids is 1. The molecular weight excluding hydrogens is 256 g/mol. The third-order valence-electron chi connectivity index (χ3n) is 3.61. The number of H-pyrrole nitrogens is 1. The number of carbonyl (C=O) groups is 1. The maximum Gasteiger partial charge on any atom is 0.271 e. The van der Waals surface area contributed by atoms with Crippen molar-refractivity contribution in [2.75, 3.05) is 13.1 Å². The van der Waals surface area contributed by atoms with Gasteiger partial charge in [-0.2, -0.15) is 5.10 Å². The number of nitrogens with one attached hydrogen (secondary N) is 3. The van der Waals surface area contributed by atoms with Crippen molar-refractivity contribution in [2.24, 2.45) is 0 Å². The summed E-state index contributed by atoms with van der Waals surface area (Å²) >= 11 is 0. The predicted octanol–water partition coefficient (Wildman–Crippen LogP) is 0.812. The van der Waals surface area contributed by atoms with Crippen LogP contribution in [0, 0.1) is 0 Å². The maximum atomic E-state index is 11.7. The van der Waals surface area contributed by atoms with Crippen molar-refractivity contribution in [3.8, 4) is 0 Å². The molecule has 6 heteroatoms. The molecule has 0 atom stereocenters. The number of hydrogen-bond donors (Lipinski definition) is 3. The number of aromatic nitrogens is 2. The van der Waals surface area contributed by atoms with Crippen LogP contribution >= 0.6 is 0 Å². The Morgan fingerprint density at radius 2 is 1.95 bits per heavy atom. The van der Waals surface area contributed by atoms with Crippen molar-refractivity contribution in [2.45, 2.75) is 44.6 Å². The fourth-order valence-electron chi connectivity index (χ4n) is 2.50. The second kappa shape index (κ2) is 7.79. The van der Waals surface area contributed by atoms with E-state index in [1.807, 2.05) is 0 Å². The zero-order valence-electron chi connectivity index (χ0n) is 11.7. The second-order valence-corrected chi connectivity index (χ2v) is 5.20. The largest absolute Gasteiger partial charge is 0.349 e. The molecule has 0 saturated heterocycles. The molecule has 110 valence electrons. The van der Waals surface area contributed by atoms with Gasteiger partial charge in [0.25, 0.3) is 11.5 Å². The second-order valence-electron chi connectivity index (χ2n) is 5.20. The predicted molar refractivity (Wildman–Crippen MR) is 76.7 cm³/mol. The smallest absolute Gasteiger partial charge is 0.271 e. The average Bonchev–Trinajstić information content (AvgIpc) is 2.73. The summed E-state index contributed by atoms with van der Waals surface area (Å²) in [7, 11) is 0. The number of aromatic amines is 1. The Balaban J connectivity index is 1.66. The molecule has 1 fully saturated rings. The van der Waals surface area contributed by atoms with Gasteiger partial charge in [-0.1, -0.05) is 25.7 Å². The van der Waals surface area contributed by atoms with Gasteiger partial charge in [0, 0.05) is 25.2 Å². The Labute approximate surface area is 118 Å². The van der Waals surface area contributed by atoms with Gasteiger partial charge in [0.2, 0.25) is 0 Å². The summed E-state index contributed by atoms with van der Waals surface area (Å²) in [6, 6.07) is 3.30. The number of amides is 1. The molecular formula is C14H22N4O2. The van der Waals surface area contributed by atoms with E-state index >= 15 is 0 Å². The molecule has 1 aromatic heterocycles. The molecule has 20 heavy (non-hydrogen) atoms. The molecule has 1 amide bonds. The topological polar surface area (TPSA) is 86.9 Å². The number of nitrogens with zero attached hydrogens (tertiary/aromatic N) is 1. The van der Waals surface area contributed by atoms with E-state index in [4.69, 9.17) is 0 Å². The van der Waals surface area contributed by atoms with Gasteiger partial charge in [0.05, 0.1) is 0 Å². The lowest BCUT2D eigenvalue weighted by Gasteiger charge is -2.16. The van der Waals surface area contributed by atoms with Crippen molar-refractivity contribution in [1.29, 1.82) is 0 Å². The van der Waals surface area contributed by atoms with Crippen LogP contribution in [0.1, 0.15) is 49.0 Å². The minimum atomic E-state index is -0.309. The minimum absolute atomic E-state index is 0.235. The van der Waals surface area contributed by atoms with Crippen LogP contribution in [0.4, 0.5) is 0 Å². The molecule has 0 unspecified atom stereocenters. The van der Waals surface area contributed by atoms with Gasteiger partial charge in [-0.15, -0.1) is 0 Å². The first kappa shape index (κ1) is 14.7. The van der Waals surface area contributed by atoms with Crippen molar-refractivity contribution in [3.05, 3.63) is 28.2 Å². The van der Waals surface area contributed by atoms with E-state index in [9.17, 15) is 9.59 Å². The van der Waals surface area contributed by atoms with E-state index in [1.165, 1.54) is 50.7 Å². The van der Waals surface area contributed by atoms with E-state index in [1.54, 1.807) is 0 Å². The molecule has 0 aliphatic heterocycles. The Morgan fingerprint density at radius 1 is 1.20 bits per heavy atom. The summed E-state index contributed by atoms with van der Waals surface area (Å²) in [5.41, 5.74) is -0.0735. The standard InChI is InChI=1S/C14H22N4O2/c19-13-8-7-12(17-18-13)14(20)16-10-9-15-11-5-3-1-2-4-6-11/h7-8,11,15H,1-6,9-10H2,(H,16,20)(H,18,19). The van der Waals surface area contributed by atoms with Crippen LogP contribution in [-0.2, 0) is 0 Å². The zero-order valence-corrected chi connectivity index (χ0v) is 11.7. The summed E-state index contributed by atoms with van der Waals surface area (Å²) in [5, 5.41) is 12.2. The first-order valence-corrected chi connectivity index (χ1v) is 7.33. The molecule has 1 aliphatic rings. The summed E-state index contributed by atoms with van der Waals surface area (Å²) < 4.78 is 0. The fraction of sp³-hybridized carbons (Fsp3) is 0.643. The molecule has 2 rings (SSSR count). The first-order chi connectivity index (χ1) is 9.75. The van der Waals surface area contributed by atoms with Crippen molar-refractivity contribution < 1.29 is 4.79 Å². The van der Waals surface area contributed by atoms with Crippen LogP contribution in [0.15, 0.2) is 16.9 Å². The highest BCUT2D eigenvalue weighted by atomic mass is 16.2. The van der Waals surface area contributed by atoms with Crippen LogP contribution in [0.3, 0.4) is 0 Å². The summed E-state index contributed by atoms with van der Waals surface area (Å²) in [4.78, 5) is 22.6. The van der Waals surface area contributed by atoms with Gasteiger partial charge in [-0.05, 0) is 18.9 Å². The van der Waals surface area contributed by atoms with Gasteiger partial charge in [0.1, 0.15) is 5.69 Å². The average molecular weight is 278 g/mol. The molecule has 0 bridgehead atoms. The highest BCUT2D eigenvalue weighted by Crippen LogP contribution is 2.16. The van der Waals surface area contributed by atoms with E-state index in [2.05, 4.69) is 20.8 Å². The van der Waals surface area contributed by atoms with Crippen molar-refractivity contribution in [1.82, 2.24) is 20.8 Å². The van der Waals surface area contributed by atoms with Crippen LogP contribution in [-0.4, -0.2) is 35.2 Å². The molecule has 0 spiro atoms. The molecule has 1 aliphatic carbocycles. The zero-order chi connectivity index (χ0) is 14.2. The van der Waals surface area contributed by atoms with Crippen LogP contribution in [0.5, 0.6) is 0 Å². The lowest BCUT2D eigenvalue weighted by atomic mass is 10.1. The van der Waals surface area contributed by atoms with E-state index in [0.717, 1.165) is 6.54 Å². The molecule has 1 saturated carbocycles. The Morgan fingerprint density at radius 3 is 2.60 bits per heavy atom. The van der Waals surface area contributed by atoms with Crippen molar-refractivity contribution in [3.63, 3.8) is 0 Å². The van der Waals surface area contributed by atoms with E-state index < -0.39 is 0 Å².